The molecule has 0 unspecified atom stereocenters. The molecule has 0 spiro atoms. The van der Waals surface area contributed by atoms with Crippen molar-refractivity contribution in [3.8, 4) is 11.6 Å². The summed E-state index contributed by atoms with van der Waals surface area (Å²) in [6.07, 6.45) is 0.837. The van der Waals surface area contributed by atoms with Crippen LogP contribution in [0, 0.1) is 10.1 Å². The van der Waals surface area contributed by atoms with Gasteiger partial charge in [0, 0.05) is 22.8 Å². The molecule has 0 aliphatic rings. The first-order valence-corrected chi connectivity index (χ1v) is 6.52. The van der Waals surface area contributed by atoms with Crippen LogP contribution in [0.15, 0.2) is 41.0 Å². The first kappa shape index (κ1) is 14.4. The van der Waals surface area contributed by atoms with Gasteiger partial charge >= 0.3 is 5.69 Å². The van der Waals surface area contributed by atoms with Crippen LogP contribution in [0.5, 0.6) is 11.6 Å². The monoisotopic (exact) mass is 338 g/mol. The molecule has 1 aromatic carbocycles. The standard InChI is InChI=1S/C13H11BrN2O4/c1-8(17)9-2-5-13(15-7-9)20-12-4-3-10(14)6-11(12)16(18)19/h2-8,17H,1H3/t8-/m1/s1. The first-order chi connectivity index (χ1) is 9.47. The largest absolute Gasteiger partial charge is 0.432 e. The van der Waals surface area contributed by atoms with Crippen LogP contribution in [0.25, 0.3) is 0 Å². The third-order valence-corrected chi connectivity index (χ3v) is 3.07. The summed E-state index contributed by atoms with van der Waals surface area (Å²) in [5.74, 6) is 0.329. The van der Waals surface area contributed by atoms with Crippen LogP contribution < -0.4 is 4.74 Å². The Kier molecular flexibility index (Phi) is 4.31. The molecule has 1 N–H and O–H groups in total. The summed E-state index contributed by atoms with van der Waals surface area (Å²) in [4.78, 5) is 14.4. The van der Waals surface area contributed by atoms with Crippen LogP contribution in [0.4, 0.5) is 5.69 Å². The highest BCUT2D eigenvalue weighted by molar-refractivity contribution is 9.10. The minimum atomic E-state index is -0.626. The normalized spacial score (nSPS) is 11.9. The van der Waals surface area contributed by atoms with E-state index in [-0.39, 0.29) is 17.3 Å². The third-order valence-electron chi connectivity index (χ3n) is 2.57. The van der Waals surface area contributed by atoms with Crippen molar-refractivity contribution in [2.45, 2.75) is 13.0 Å². The van der Waals surface area contributed by atoms with Crippen LogP contribution in [-0.2, 0) is 0 Å². The molecule has 2 rings (SSSR count). The number of aliphatic hydroxyl groups excluding tert-OH is 1. The number of halogens is 1. The van der Waals surface area contributed by atoms with E-state index in [1.807, 2.05) is 0 Å². The maximum Gasteiger partial charge on any atom is 0.312 e. The average molecular weight is 339 g/mol. The first-order valence-electron chi connectivity index (χ1n) is 5.73. The van der Waals surface area contributed by atoms with Gasteiger partial charge in [-0.15, -0.1) is 0 Å². The quantitative estimate of drug-likeness (QED) is 0.679. The predicted octanol–water partition coefficient (Wildman–Crippen LogP) is 3.60. The van der Waals surface area contributed by atoms with Gasteiger partial charge in [0.05, 0.1) is 11.0 Å². The van der Waals surface area contributed by atoms with Gasteiger partial charge in [0.15, 0.2) is 0 Å². The van der Waals surface area contributed by atoms with E-state index in [1.54, 1.807) is 25.1 Å². The summed E-state index contributed by atoms with van der Waals surface area (Å²) < 4.78 is 6.00. The molecule has 0 saturated carbocycles. The van der Waals surface area contributed by atoms with Gasteiger partial charge in [0.25, 0.3) is 0 Å². The summed E-state index contributed by atoms with van der Waals surface area (Å²) >= 11 is 3.17. The minimum Gasteiger partial charge on any atom is -0.432 e. The van der Waals surface area contributed by atoms with E-state index < -0.39 is 11.0 Å². The van der Waals surface area contributed by atoms with Gasteiger partial charge in [-0.25, -0.2) is 4.98 Å². The molecule has 0 amide bonds. The van der Waals surface area contributed by atoms with Crippen molar-refractivity contribution >= 4 is 21.6 Å². The lowest BCUT2D eigenvalue weighted by Crippen LogP contribution is -1.96. The zero-order valence-electron chi connectivity index (χ0n) is 10.5. The molecule has 7 heteroatoms. The Balaban J connectivity index is 2.28. The summed E-state index contributed by atoms with van der Waals surface area (Å²) in [5.41, 5.74) is 0.489. The number of rotatable bonds is 4. The van der Waals surface area contributed by atoms with Gasteiger partial charge in [-0.3, -0.25) is 10.1 Å². The molecular weight excluding hydrogens is 328 g/mol. The molecule has 2 aromatic rings. The number of aliphatic hydroxyl groups is 1. The number of nitro benzene ring substituents is 1. The zero-order chi connectivity index (χ0) is 14.7. The Hall–Kier alpha value is -1.99. The molecule has 1 aromatic heterocycles. The number of pyridine rings is 1. The molecule has 20 heavy (non-hydrogen) atoms. The fourth-order valence-corrected chi connectivity index (χ4v) is 1.88. The SMILES string of the molecule is C[C@@H](O)c1ccc(Oc2ccc(Br)cc2[N+](=O)[O-])nc1. The summed E-state index contributed by atoms with van der Waals surface area (Å²) in [5, 5.41) is 20.3. The van der Waals surface area contributed by atoms with Crippen LogP contribution >= 0.6 is 15.9 Å². The second-order valence-electron chi connectivity index (χ2n) is 4.08. The predicted molar refractivity (Wildman–Crippen MR) is 75.7 cm³/mol. The highest BCUT2D eigenvalue weighted by Crippen LogP contribution is 2.33. The molecule has 0 aliphatic carbocycles. The molecule has 0 aliphatic heterocycles. The van der Waals surface area contributed by atoms with E-state index in [4.69, 9.17) is 4.74 Å². The smallest absolute Gasteiger partial charge is 0.312 e. The van der Waals surface area contributed by atoms with Crippen molar-refractivity contribution in [1.29, 1.82) is 0 Å². The number of nitrogens with zero attached hydrogens (tertiary/aromatic N) is 2. The lowest BCUT2D eigenvalue weighted by atomic mass is 10.2. The van der Waals surface area contributed by atoms with E-state index in [1.165, 1.54) is 18.3 Å². The topological polar surface area (TPSA) is 85.5 Å². The maximum absolute atomic E-state index is 11.0. The van der Waals surface area contributed by atoms with Crippen LogP contribution in [0.2, 0.25) is 0 Å². The van der Waals surface area contributed by atoms with Crippen LogP contribution in [0.3, 0.4) is 0 Å². The van der Waals surface area contributed by atoms with Gasteiger partial charge in [-0.1, -0.05) is 15.9 Å². The Morgan fingerprint density at radius 2 is 2.15 bits per heavy atom. The van der Waals surface area contributed by atoms with Gasteiger partial charge in [0.2, 0.25) is 11.6 Å². The summed E-state index contributed by atoms with van der Waals surface area (Å²) in [7, 11) is 0. The lowest BCUT2D eigenvalue weighted by molar-refractivity contribution is -0.385. The van der Waals surface area contributed by atoms with Gasteiger partial charge in [-0.2, -0.15) is 0 Å². The van der Waals surface area contributed by atoms with Crippen LogP contribution in [0.1, 0.15) is 18.6 Å². The molecule has 1 atom stereocenters. The fourth-order valence-electron chi connectivity index (χ4n) is 1.53. The zero-order valence-corrected chi connectivity index (χ0v) is 12.1. The molecule has 6 nitrogen and oxygen atoms in total. The van der Waals surface area contributed by atoms with E-state index >= 15 is 0 Å². The van der Waals surface area contributed by atoms with Gasteiger partial charge in [-0.05, 0) is 30.7 Å². The van der Waals surface area contributed by atoms with E-state index in [2.05, 4.69) is 20.9 Å². The third kappa shape index (κ3) is 3.31. The lowest BCUT2D eigenvalue weighted by Gasteiger charge is -2.07. The van der Waals surface area contributed by atoms with Crippen molar-refractivity contribution in [3.63, 3.8) is 0 Å². The highest BCUT2D eigenvalue weighted by atomic mass is 79.9. The number of ether oxygens (including phenoxy) is 1. The molecular formula is C13H11BrN2O4. The molecule has 0 bridgehead atoms. The van der Waals surface area contributed by atoms with Gasteiger partial charge in [0.1, 0.15) is 0 Å². The van der Waals surface area contributed by atoms with Crippen molar-refractivity contribution in [3.05, 3.63) is 56.7 Å². The number of aromatic nitrogens is 1. The average Bonchev–Trinajstić information content (AvgIpc) is 2.41. The highest BCUT2D eigenvalue weighted by Gasteiger charge is 2.16. The van der Waals surface area contributed by atoms with E-state index in [9.17, 15) is 15.2 Å². The second-order valence-corrected chi connectivity index (χ2v) is 4.99. The molecule has 0 radical (unpaired) electrons. The molecule has 0 fully saturated rings. The van der Waals surface area contributed by atoms with Crippen molar-refractivity contribution in [2.75, 3.05) is 0 Å². The van der Waals surface area contributed by atoms with E-state index in [0.717, 1.165) is 0 Å². The molecule has 1 heterocycles. The van der Waals surface area contributed by atoms with E-state index in [0.29, 0.717) is 10.0 Å². The minimum absolute atomic E-state index is 0.107. The van der Waals surface area contributed by atoms with Crippen molar-refractivity contribution in [2.24, 2.45) is 0 Å². The second kappa shape index (κ2) is 5.98. The summed E-state index contributed by atoms with van der Waals surface area (Å²) in [6.45, 7) is 1.62. The van der Waals surface area contributed by atoms with Crippen molar-refractivity contribution in [1.82, 2.24) is 4.98 Å². The van der Waals surface area contributed by atoms with Gasteiger partial charge < -0.3 is 9.84 Å². The van der Waals surface area contributed by atoms with Crippen molar-refractivity contribution < 1.29 is 14.8 Å². The van der Waals surface area contributed by atoms with Crippen LogP contribution in [-0.4, -0.2) is 15.0 Å². The Morgan fingerprint density at radius 3 is 2.70 bits per heavy atom. The number of nitro groups is 1. The Bertz CT molecular complexity index is 629. The fraction of sp³-hybridized carbons (Fsp3) is 0.154. The number of hydrogen-bond acceptors (Lipinski definition) is 5. The number of benzene rings is 1. The molecule has 0 saturated heterocycles. The maximum atomic E-state index is 11.0. The number of hydrogen-bond donors (Lipinski definition) is 1. The Labute approximate surface area is 123 Å². The summed E-state index contributed by atoms with van der Waals surface area (Å²) in [6, 6.07) is 7.70. The molecule has 104 valence electrons. The Morgan fingerprint density at radius 1 is 1.40 bits per heavy atom.